The van der Waals surface area contributed by atoms with Crippen molar-refractivity contribution in [1.29, 1.82) is 0 Å². The Kier molecular flexibility index (Phi) is 10.4. The average Bonchev–Trinajstić information content (AvgIpc) is 2.54. The van der Waals surface area contributed by atoms with Crippen LogP contribution >= 0.6 is 0 Å². The van der Waals surface area contributed by atoms with Crippen LogP contribution in [0.3, 0.4) is 0 Å². The second-order valence-corrected chi connectivity index (χ2v) is 6.35. The molecule has 3 atom stereocenters. The number of carbonyl (C=O) groups excluding carboxylic acids is 3. The maximum absolute atomic E-state index is 12.4. The topological polar surface area (TPSA) is 229 Å². The minimum Gasteiger partial charge on any atom is -0.480 e. The van der Waals surface area contributed by atoms with Gasteiger partial charge in [-0.15, -0.1) is 0 Å². The summed E-state index contributed by atoms with van der Waals surface area (Å²) in [6.45, 7) is 3.69. The van der Waals surface area contributed by atoms with Gasteiger partial charge in [0, 0.05) is 6.54 Å². The molecule has 3 unspecified atom stereocenters. The highest BCUT2D eigenvalue weighted by atomic mass is 16.4. The highest BCUT2D eigenvalue weighted by Crippen LogP contribution is 2.04. The van der Waals surface area contributed by atoms with Crippen molar-refractivity contribution in [2.24, 2.45) is 33.8 Å². The molecular formula is C15H29N7O5. The number of hydrogen-bond acceptors (Lipinski definition) is 6. The summed E-state index contributed by atoms with van der Waals surface area (Å²) in [7, 11) is 0. The number of hydrogen-bond donors (Lipinski definition) is 7. The second-order valence-electron chi connectivity index (χ2n) is 6.35. The largest absolute Gasteiger partial charge is 0.480 e. The zero-order valence-electron chi connectivity index (χ0n) is 15.5. The lowest BCUT2D eigenvalue weighted by atomic mass is 10.0. The van der Waals surface area contributed by atoms with Crippen molar-refractivity contribution in [3.63, 3.8) is 0 Å². The first-order valence-electron chi connectivity index (χ1n) is 8.38. The first kappa shape index (κ1) is 24.1. The maximum atomic E-state index is 12.4. The van der Waals surface area contributed by atoms with Crippen molar-refractivity contribution in [3.8, 4) is 0 Å². The molecule has 27 heavy (non-hydrogen) atoms. The summed E-state index contributed by atoms with van der Waals surface area (Å²) < 4.78 is 0. The lowest BCUT2D eigenvalue weighted by Gasteiger charge is -2.23. The van der Waals surface area contributed by atoms with Crippen LogP contribution in [0.15, 0.2) is 4.99 Å². The van der Waals surface area contributed by atoms with Gasteiger partial charge in [0.2, 0.25) is 17.7 Å². The van der Waals surface area contributed by atoms with Crippen LogP contribution in [0, 0.1) is 5.92 Å². The number of nitrogens with one attached hydrogen (secondary N) is 2. The molecule has 0 fully saturated rings. The van der Waals surface area contributed by atoms with Gasteiger partial charge in [0.15, 0.2) is 5.96 Å². The van der Waals surface area contributed by atoms with Gasteiger partial charge >= 0.3 is 5.97 Å². The summed E-state index contributed by atoms with van der Waals surface area (Å²) in [4.78, 5) is 50.5. The van der Waals surface area contributed by atoms with Gasteiger partial charge in [-0.3, -0.25) is 19.4 Å². The van der Waals surface area contributed by atoms with Gasteiger partial charge in [0.05, 0.1) is 12.5 Å². The molecule has 0 aliphatic heterocycles. The number of nitrogens with two attached hydrogens (primary N) is 4. The number of primary amides is 1. The molecule has 11 N–H and O–H groups in total. The third-order valence-electron chi connectivity index (χ3n) is 3.62. The highest BCUT2D eigenvalue weighted by Gasteiger charge is 2.29. The van der Waals surface area contributed by atoms with E-state index in [-0.39, 0.29) is 24.8 Å². The minimum atomic E-state index is -1.51. The number of aliphatic carboxylic acids is 1. The third-order valence-corrected chi connectivity index (χ3v) is 3.62. The highest BCUT2D eigenvalue weighted by molar-refractivity contribution is 5.93. The summed E-state index contributed by atoms with van der Waals surface area (Å²) in [5, 5.41) is 13.8. The molecule has 0 aromatic carbocycles. The number of carbonyl (C=O) groups is 4. The molecule has 0 saturated carbocycles. The van der Waals surface area contributed by atoms with Crippen LogP contribution < -0.4 is 33.6 Å². The van der Waals surface area contributed by atoms with E-state index in [1.807, 2.05) is 0 Å². The van der Waals surface area contributed by atoms with Crippen LogP contribution in [-0.4, -0.2) is 59.4 Å². The molecule has 154 valence electrons. The van der Waals surface area contributed by atoms with Gasteiger partial charge in [-0.2, -0.15) is 0 Å². The number of carboxylic acid groups (broad SMARTS) is 1. The number of aliphatic imine (C=N–C) groups is 1. The van der Waals surface area contributed by atoms with Gasteiger partial charge in [-0.25, -0.2) is 4.79 Å². The van der Waals surface area contributed by atoms with Gasteiger partial charge in [-0.05, 0) is 18.8 Å². The normalized spacial score (nSPS) is 13.9. The monoisotopic (exact) mass is 387 g/mol. The van der Waals surface area contributed by atoms with E-state index in [9.17, 15) is 19.2 Å². The van der Waals surface area contributed by atoms with Crippen LogP contribution in [0.5, 0.6) is 0 Å². The van der Waals surface area contributed by atoms with Crippen LogP contribution in [0.2, 0.25) is 0 Å². The first-order valence-corrected chi connectivity index (χ1v) is 8.38. The van der Waals surface area contributed by atoms with Crippen molar-refractivity contribution in [2.45, 2.75) is 51.2 Å². The van der Waals surface area contributed by atoms with Crippen molar-refractivity contribution in [2.75, 3.05) is 6.54 Å². The van der Waals surface area contributed by atoms with Crippen LogP contribution in [-0.2, 0) is 19.2 Å². The molecule has 0 saturated heterocycles. The molecule has 0 aromatic rings. The summed E-state index contributed by atoms with van der Waals surface area (Å²) in [6, 6.07) is -3.43. The predicted molar refractivity (Wildman–Crippen MR) is 98.0 cm³/mol. The Labute approximate surface area is 157 Å². The van der Waals surface area contributed by atoms with E-state index in [0.717, 1.165) is 0 Å². The van der Waals surface area contributed by atoms with Crippen molar-refractivity contribution in [1.82, 2.24) is 10.6 Å². The molecule has 3 amide bonds. The molecule has 0 radical (unpaired) electrons. The van der Waals surface area contributed by atoms with Crippen LogP contribution in [0.25, 0.3) is 0 Å². The molecule has 12 heteroatoms. The Morgan fingerprint density at radius 2 is 1.56 bits per heavy atom. The van der Waals surface area contributed by atoms with Gasteiger partial charge in [0.1, 0.15) is 12.1 Å². The van der Waals surface area contributed by atoms with E-state index in [1.54, 1.807) is 13.8 Å². The molecule has 0 aromatic heterocycles. The van der Waals surface area contributed by atoms with Crippen LogP contribution in [0.1, 0.15) is 33.1 Å². The van der Waals surface area contributed by atoms with Crippen molar-refractivity contribution in [3.05, 3.63) is 0 Å². The molecule has 0 bridgehead atoms. The number of nitrogens with zero attached hydrogens (tertiary/aromatic N) is 1. The summed E-state index contributed by atoms with van der Waals surface area (Å²) in [5.41, 5.74) is 21.2. The summed E-state index contributed by atoms with van der Waals surface area (Å²) in [6.07, 6.45) is -0.121. The van der Waals surface area contributed by atoms with E-state index in [2.05, 4.69) is 15.6 Å². The number of carboxylic acids is 1. The van der Waals surface area contributed by atoms with Crippen molar-refractivity contribution >= 4 is 29.7 Å². The van der Waals surface area contributed by atoms with E-state index in [1.165, 1.54) is 0 Å². The Balaban J connectivity index is 5.14. The lowest BCUT2D eigenvalue weighted by Crippen LogP contribution is -2.55. The molecule has 0 rings (SSSR count). The zero-order valence-corrected chi connectivity index (χ0v) is 15.5. The number of rotatable bonds is 12. The minimum absolute atomic E-state index is 0.116. The fraction of sp³-hybridized carbons (Fsp3) is 0.667. The standard InChI is InChI=1S/C15H29N7O5/c1-7(2)11(17)13(25)21-8(4-3-5-20-15(18)19)12(24)22-9(14(26)27)6-10(16)23/h7-9,11H,3-6,17H2,1-2H3,(H2,16,23)(H,21,25)(H,22,24)(H,26,27)(H4,18,19,20). The molecule has 0 aliphatic carbocycles. The third kappa shape index (κ3) is 9.99. The van der Waals surface area contributed by atoms with E-state index in [4.69, 9.17) is 28.0 Å². The first-order chi connectivity index (χ1) is 12.5. The predicted octanol–water partition coefficient (Wildman–Crippen LogP) is -3.05. The molecule has 12 nitrogen and oxygen atoms in total. The molecule has 0 aliphatic rings. The second kappa shape index (κ2) is 11.7. The molecule has 0 heterocycles. The van der Waals surface area contributed by atoms with E-state index >= 15 is 0 Å². The van der Waals surface area contributed by atoms with Gasteiger partial charge < -0.3 is 38.7 Å². The number of guanidine groups is 1. The Hall–Kier alpha value is -2.89. The number of amides is 3. The van der Waals surface area contributed by atoms with Crippen LogP contribution in [0.4, 0.5) is 0 Å². The quantitative estimate of drug-likeness (QED) is 0.103. The summed E-state index contributed by atoms with van der Waals surface area (Å²) in [5.74, 6) is -3.94. The van der Waals surface area contributed by atoms with Gasteiger partial charge in [-0.1, -0.05) is 13.8 Å². The Morgan fingerprint density at radius 3 is 2.00 bits per heavy atom. The average molecular weight is 387 g/mol. The molecule has 0 spiro atoms. The molecular weight excluding hydrogens is 358 g/mol. The van der Waals surface area contributed by atoms with E-state index < -0.39 is 48.2 Å². The lowest BCUT2D eigenvalue weighted by molar-refractivity contribution is -0.143. The van der Waals surface area contributed by atoms with Gasteiger partial charge in [0.25, 0.3) is 0 Å². The fourth-order valence-corrected chi connectivity index (χ4v) is 2.02. The van der Waals surface area contributed by atoms with Crippen molar-refractivity contribution < 1.29 is 24.3 Å². The summed E-state index contributed by atoms with van der Waals surface area (Å²) >= 11 is 0. The fourth-order valence-electron chi connectivity index (χ4n) is 2.02. The van der Waals surface area contributed by atoms with E-state index in [0.29, 0.717) is 6.42 Å². The Morgan fingerprint density at radius 1 is 1.00 bits per heavy atom. The SMILES string of the molecule is CC(C)C(N)C(=O)NC(CCCN=C(N)N)C(=O)NC(CC(N)=O)C(=O)O. The maximum Gasteiger partial charge on any atom is 0.326 e. The smallest absolute Gasteiger partial charge is 0.326 e. The Bertz CT molecular complexity index is 575. The zero-order chi connectivity index (χ0) is 21.1.